The first-order chi connectivity index (χ1) is 5.52. The van der Waals surface area contributed by atoms with Crippen LogP contribution in [0, 0.1) is 6.92 Å². The van der Waals surface area contributed by atoms with E-state index in [4.69, 9.17) is 5.11 Å². The van der Waals surface area contributed by atoms with Gasteiger partial charge in [-0.3, -0.25) is 4.68 Å². The minimum absolute atomic E-state index is 0.141. The quantitative estimate of drug-likeness (QED) is 0.730. The fourth-order valence-electron chi connectivity index (χ4n) is 1.04. The van der Waals surface area contributed by atoms with E-state index in [1.165, 1.54) is 17.8 Å². The Morgan fingerprint density at radius 2 is 2.17 bits per heavy atom. The summed E-state index contributed by atoms with van der Waals surface area (Å²) in [5, 5.41) is 12.8. The fourth-order valence-corrected chi connectivity index (χ4v) is 1.04. The molecule has 1 unspecified atom stereocenters. The molecule has 0 aliphatic heterocycles. The summed E-state index contributed by atoms with van der Waals surface area (Å²) in [7, 11) is 1.52. The Hall–Kier alpha value is -0.970. The third-order valence-corrected chi connectivity index (χ3v) is 1.58. The molecule has 0 aliphatic rings. The Morgan fingerprint density at radius 1 is 1.58 bits per heavy atom. The zero-order valence-corrected chi connectivity index (χ0v) is 6.83. The second-order valence-electron chi connectivity index (χ2n) is 2.61. The average molecular weight is 176 g/mol. The number of aromatic nitrogens is 2. The van der Waals surface area contributed by atoms with E-state index >= 15 is 0 Å². The second-order valence-corrected chi connectivity index (χ2v) is 2.61. The van der Waals surface area contributed by atoms with Crippen molar-refractivity contribution in [3.8, 4) is 0 Å². The normalized spacial score (nSPS) is 13.8. The van der Waals surface area contributed by atoms with E-state index < -0.39 is 12.5 Å². The summed E-state index contributed by atoms with van der Waals surface area (Å²) >= 11 is 0. The third kappa shape index (κ3) is 1.61. The van der Waals surface area contributed by atoms with Gasteiger partial charge in [0.25, 0.3) is 6.43 Å². The molecule has 1 heterocycles. The van der Waals surface area contributed by atoms with E-state index in [9.17, 15) is 8.78 Å². The minimum Gasteiger partial charge on any atom is -0.381 e. The predicted molar refractivity (Wildman–Crippen MR) is 38.9 cm³/mol. The van der Waals surface area contributed by atoms with Gasteiger partial charge in [-0.25, -0.2) is 8.78 Å². The molecule has 0 bridgehead atoms. The van der Waals surface area contributed by atoms with Crippen LogP contribution in [0.2, 0.25) is 0 Å². The largest absolute Gasteiger partial charge is 0.381 e. The van der Waals surface area contributed by atoms with E-state index in [0.717, 1.165) is 0 Å². The van der Waals surface area contributed by atoms with Crippen molar-refractivity contribution in [3.63, 3.8) is 0 Å². The molecule has 0 spiro atoms. The van der Waals surface area contributed by atoms with Crippen molar-refractivity contribution in [3.05, 3.63) is 17.5 Å². The molecule has 3 nitrogen and oxygen atoms in total. The highest BCUT2D eigenvalue weighted by molar-refractivity contribution is 5.11. The van der Waals surface area contributed by atoms with Gasteiger partial charge in [-0.2, -0.15) is 5.10 Å². The molecule has 1 aromatic heterocycles. The molecule has 1 atom stereocenters. The molecule has 12 heavy (non-hydrogen) atoms. The van der Waals surface area contributed by atoms with Crippen molar-refractivity contribution in [2.45, 2.75) is 19.5 Å². The summed E-state index contributed by atoms with van der Waals surface area (Å²) in [4.78, 5) is 0. The van der Waals surface area contributed by atoms with Gasteiger partial charge < -0.3 is 5.11 Å². The maximum atomic E-state index is 12.0. The maximum Gasteiger partial charge on any atom is 0.269 e. The summed E-state index contributed by atoms with van der Waals surface area (Å²) in [6.07, 6.45) is -4.50. The molecule has 68 valence electrons. The minimum atomic E-state index is -2.76. The molecule has 0 saturated heterocycles. The highest BCUT2D eigenvalue weighted by Gasteiger charge is 2.22. The number of nitrogens with zero attached hydrogens (tertiary/aromatic N) is 2. The van der Waals surface area contributed by atoms with Gasteiger partial charge in [0.05, 0.1) is 11.4 Å². The highest BCUT2D eigenvalue weighted by Crippen LogP contribution is 2.19. The van der Waals surface area contributed by atoms with Crippen LogP contribution in [0.1, 0.15) is 17.5 Å². The number of hydrogen-bond donors (Lipinski definition) is 1. The molecule has 0 aromatic carbocycles. The number of aliphatic hydroxyl groups is 1. The van der Waals surface area contributed by atoms with E-state index in [1.807, 2.05) is 0 Å². The molecule has 0 amide bonds. The van der Waals surface area contributed by atoms with Crippen LogP contribution in [-0.4, -0.2) is 21.3 Å². The summed E-state index contributed by atoms with van der Waals surface area (Å²) in [5.74, 6) is 0. The van der Waals surface area contributed by atoms with Gasteiger partial charge in [0.2, 0.25) is 0 Å². The average Bonchev–Trinajstić information content (AvgIpc) is 2.28. The Morgan fingerprint density at radius 3 is 2.50 bits per heavy atom. The number of hydrogen-bond acceptors (Lipinski definition) is 2. The second kappa shape index (κ2) is 3.18. The van der Waals surface area contributed by atoms with Crippen molar-refractivity contribution in [1.29, 1.82) is 0 Å². The number of rotatable bonds is 2. The summed E-state index contributed by atoms with van der Waals surface area (Å²) in [6, 6.07) is 1.44. The van der Waals surface area contributed by atoms with Crippen LogP contribution < -0.4 is 0 Å². The Labute approximate surface area is 68.6 Å². The molecule has 5 heteroatoms. The zero-order valence-electron chi connectivity index (χ0n) is 6.83. The monoisotopic (exact) mass is 176 g/mol. The van der Waals surface area contributed by atoms with E-state index in [0.29, 0.717) is 5.69 Å². The Kier molecular flexibility index (Phi) is 2.42. The molecule has 0 aliphatic carbocycles. The summed E-state index contributed by atoms with van der Waals surface area (Å²) in [5.41, 5.74) is 0.759. The summed E-state index contributed by atoms with van der Waals surface area (Å²) in [6.45, 7) is 1.68. The molecular formula is C7H10F2N2O. The van der Waals surface area contributed by atoms with Gasteiger partial charge in [0, 0.05) is 7.05 Å². The van der Waals surface area contributed by atoms with E-state index in [1.54, 1.807) is 6.92 Å². The predicted octanol–water partition coefficient (Wildman–Crippen LogP) is 1.03. The molecule has 1 N–H and O–H groups in total. The first-order valence-corrected chi connectivity index (χ1v) is 3.49. The third-order valence-electron chi connectivity index (χ3n) is 1.58. The molecular weight excluding hydrogens is 166 g/mol. The molecule has 1 aromatic rings. The lowest BCUT2D eigenvalue weighted by Crippen LogP contribution is -2.12. The molecule has 0 radical (unpaired) electrons. The standard InChI is InChI=1S/C7H10F2N2O/c1-4-3-5(11(2)10-4)6(12)7(8)9/h3,6-7,12H,1-2H3. The van der Waals surface area contributed by atoms with Gasteiger partial charge >= 0.3 is 0 Å². The smallest absolute Gasteiger partial charge is 0.269 e. The Balaban J connectivity index is 2.94. The van der Waals surface area contributed by atoms with Crippen LogP contribution >= 0.6 is 0 Å². The van der Waals surface area contributed by atoms with E-state index in [2.05, 4.69) is 5.10 Å². The van der Waals surface area contributed by atoms with Gasteiger partial charge in [-0.15, -0.1) is 0 Å². The highest BCUT2D eigenvalue weighted by atomic mass is 19.3. The van der Waals surface area contributed by atoms with Gasteiger partial charge in [0.15, 0.2) is 6.10 Å². The number of alkyl halides is 2. The number of halogens is 2. The van der Waals surface area contributed by atoms with Gasteiger partial charge in [-0.05, 0) is 13.0 Å². The maximum absolute atomic E-state index is 12.0. The SMILES string of the molecule is Cc1cc(C(O)C(F)F)n(C)n1. The molecule has 0 saturated carbocycles. The van der Waals surface area contributed by atoms with Crippen LogP contribution in [0.15, 0.2) is 6.07 Å². The van der Waals surface area contributed by atoms with Crippen molar-refractivity contribution < 1.29 is 13.9 Å². The number of aryl methyl sites for hydroxylation is 2. The van der Waals surface area contributed by atoms with Gasteiger partial charge in [-0.1, -0.05) is 0 Å². The van der Waals surface area contributed by atoms with Crippen LogP contribution in [0.25, 0.3) is 0 Å². The molecule has 0 fully saturated rings. The van der Waals surface area contributed by atoms with E-state index in [-0.39, 0.29) is 5.69 Å². The van der Waals surface area contributed by atoms with Crippen LogP contribution in [0.3, 0.4) is 0 Å². The van der Waals surface area contributed by atoms with Crippen molar-refractivity contribution in [2.75, 3.05) is 0 Å². The van der Waals surface area contributed by atoms with Crippen molar-refractivity contribution >= 4 is 0 Å². The van der Waals surface area contributed by atoms with Crippen molar-refractivity contribution in [1.82, 2.24) is 9.78 Å². The molecule has 1 rings (SSSR count). The van der Waals surface area contributed by atoms with Crippen LogP contribution in [0.4, 0.5) is 8.78 Å². The number of aliphatic hydroxyl groups excluding tert-OH is 1. The topological polar surface area (TPSA) is 38.0 Å². The lowest BCUT2D eigenvalue weighted by Gasteiger charge is -2.08. The van der Waals surface area contributed by atoms with Crippen LogP contribution in [0.5, 0.6) is 0 Å². The van der Waals surface area contributed by atoms with Gasteiger partial charge in [0.1, 0.15) is 0 Å². The zero-order chi connectivity index (χ0) is 9.30. The lowest BCUT2D eigenvalue weighted by molar-refractivity contribution is -0.0103. The Bertz CT molecular complexity index is 272. The summed E-state index contributed by atoms with van der Waals surface area (Å²) < 4.78 is 25.3. The van der Waals surface area contributed by atoms with Crippen LogP contribution in [-0.2, 0) is 7.05 Å². The lowest BCUT2D eigenvalue weighted by atomic mass is 10.2. The fraction of sp³-hybridized carbons (Fsp3) is 0.571. The first kappa shape index (κ1) is 9.12. The first-order valence-electron chi connectivity index (χ1n) is 3.49. The van der Waals surface area contributed by atoms with Crippen molar-refractivity contribution in [2.24, 2.45) is 7.05 Å².